The number of urea groups is 1. The highest BCUT2D eigenvalue weighted by Gasteiger charge is 2.44. The van der Waals surface area contributed by atoms with Gasteiger partial charge in [0.1, 0.15) is 5.82 Å². The van der Waals surface area contributed by atoms with Crippen molar-refractivity contribution in [2.24, 2.45) is 0 Å². The predicted molar refractivity (Wildman–Crippen MR) is 75.0 cm³/mol. The summed E-state index contributed by atoms with van der Waals surface area (Å²) in [6.07, 6.45) is 2.58. The Morgan fingerprint density at radius 3 is 2.80 bits per heavy atom. The van der Waals surface area contributed by atoms with E-state index in [2.05, 4.69) is 10.6 Å². The third kappa shape index (κ3) is 3.48. The molecule has 0 spiro atoms. The molecule has 20 heavy (non-hydrogen) atoms. The quantitative estimate of drug-likeness (QED) is 0.745. The third-order valence-corrected chi connectivity index (χ3v) is 3.93. The van der Waals surface area contributed by atoms with Crippen LogP contribution in [0.25, 0.3) is 0 Å². The summed E-state index contributed by atoms with van der Waals surface area (Å²) in [7, 11) is 0. The maximum atomic E-state index is 13.3. The minimum atomic E-state index is -0.284. The van der Waals surface area contributed by atoms with E-state index in [9.17, 15) is 9.18 Å². The van der Waals surface area contributed by atoms with Gasteiger partial charge in [-0.25, -0.2) is 9.18 Å². The van der Waals surface area contributed by atoms with Crippen molar-refractivity contribution in [3.8, 4) is 0 Å². The maximum Gasteiger partial charge on any atom is 0.315 e. The Labute approximate surface area is 118 Å². The van der Waals surface area contributed by atoms with E-state index in [4.69, 9.17) is 5.11 Å². The monoisotopic (exact) mass is 280 g/mol. The lowest BCUT2D eigenvalue weighted by Crippen LogP contribution is -2.45. The average Bonchev–Trinajstić information content (AvgIpc) is 3.24. The van der Waals surface area contributed by atoms with Gasteiger partial charge < -0.3 is 15.7 Å². The number of hydrogen-bond donors (Lipinski definition) is 3. The van der Waals surface area contributed by atoms with Crippen LogP contribution in [0.3, 0.4) is 0 Å². The molecule has 1 aromatic rings. The molecule has 0 saturated heterocycles. The van der Waals surface area contributed by atoms with Crippen molar-refractivity contribution in [1.82, 2.24) is 10.6 Å². The summed E-state index contributed by atoms with van der Waals surface area (Å²) in [5.41, 5.74) is 0.812. The molecule has 1 atom stereocenters. The van der Waals surface area contributed by atoms with E-state index in [-0.39, 0.29) is 29.9 Å². The van der Waals surface area contributed by atoms with Crippen LogP contribution in [0.2, 0.25) is 0 Å². The first-order chi connectivity index (χ1) is 9.59. The molecule has 1 saturated carbocycles. The van der Waals surface area contributed by atoms with E-state index in [1.807, 2.05) is 13.0 Å². The second-order valence-electron chi connectivity index (χ2n) is 5.41. The highest BCUT2D eigenvalue weighted by molar-refractivity contribution is 5.74. The topological polar surface area (TPSA) is 61.4 Å². The number of aliphatic hydroxyl groups excluding tert-OH is 1. The molecular weight excluding hydrogens is 259 g/mol. The normalized spacial score (nSPS) is 17.4. The molecule has 2 rings (SSSR count). The standard InChI is InChI=1S/C15H21FN2O2/c1-2-13(9-19)18-14(20)17-10-15(6-7-15)11-4-3-5-12(16)8-11/h3-5,8,13,19H,2,6-7,9-10H2,1H3,(H2,17,18,20). The van der Waals surface area contributed by atoms with Crippen molar-refractivity contribution in [3.63, 3.8) is 0 Å². The van der Waals surface area contributed by atoms with Gasteiger partial charge in [-0.05, 0) is 37.0 Å². The van der Waals surface area contributed by atoms with Crippen molar-refractivity contribution in [2.75, 3.05) is 13.2 Å². The van der Waals surface area contributed by atoms with Gasteiger partial charge in [0.25, 0.3) is 0 Å². The minimum Gasteiger partial charge on any atom is -0.394 e. The largest absolute Gasteiger partial charge is 0.394 e. The number of carbonyl (C=O) groups is 1. The SMILES string of the molecule is CCC(CO)NC(=O)NCC1(c2cccc(F)c2)CC1. The Balaban J connectivity index is 1.89. The Kier molecular flexibility index (Phi) is 4.60. The summed E-state index contributed by atoms with van der Waals surface area (Å²) in [5.74, 6) is -0.246. The molecule has 1 aromatic carbocycles. The Bertz CT molecular complexity index is 471. The number of amides is 2. The summed E-state index contributed by atoms with van der Waals surface area (Å²) >= 11 is 0. The number of aliphatic hydroxyl groups is 1. The fraction of sp³-hybridized carbons (Fsp3) is 0.533. The maximum absolute atomic E-state index is 13.3. The molecule has 0 radical (unpaired) electrons. The van der Waals surface area contributed by atoms with Gasteiger partial charge in [0.15, 0.2) is 0 Å². The number of carbonyl (C=O) groups excluding carboxylic acids is 1. The van der Waals surface area contributed by atoms with Gasteiger partial charge in [-0.1, -0.05) is 19.1 Å². The van der Waals surface area contributed by atoms with E-state index in [0.29, 0.717) is 13.0 Å². The number of hydrogen-bond acceptors (Lipinski definition) is 2. The first-order valence-electron chi connectivity index (χ1n) is 7.01. The summed E-state index contributed by atoms with van der Waals surface area (Å²) in [5, 5.41) is 14.6. The second kappa shape index (κ2) is 6.22. The van der Waals surface area contributed by atoms with E-state index in [1.54, 1.807) is 6.07 Å². The highest BCUT2D eigenvalue weighted by atomic mass is 19.1. The molecular formula is C15H21FN2O2. The van der Waals surface area contributed by atoms with E-state index in [1.165, 1.54) is 12.1 Å². The first-order valence-corrected chi connectivity index (χ1v) is 7.01. The molecule has 1 aliphatic rings. The molecule has 110 valence electrons. The van der Waals surface area contributed by atoms with Crippen LogP contribution in [0.4, 0.5) is 9.18 Å². The number of benzene rings is 1. The highest BCUT2D eigenvalue weighted by Crippen LogP contribution is 2.47. The zero-order valence-corrected chi connectivity index (χ0v) is 11.7. The molecule has 1 aliphatic carbocycles. The van der Waals surface area contributed by atoms with Crippen LogP contribution in [0.1, 0.15) is 31.7 Å². The summed E-state index contributed by atoms with van der Waals surface area (Å²) in [4.78, 5) is 11.7. The Morgan fingerprint density at radius 1 is 1.50 bits per heavy atom. The van der Waals surface area contributed by atoms with Crippen molar-refractivity contribution < 1.29 is 14.3 Å². The summed E-state index contributed by atoms with van der Waals surface area (Å²) < 4.78 is 13.3. The average molecular weight is 280 g/mol. The van der Waals surface area contributed by atoms with Gasteiger partial charge in [-0.3, -0.25) is 0 Å². The van der Waals surface area contributed by atoms with Crippen LogP contribution < -0.4 is 10.6 Å². The zero-order valence-electron chi connectivity index (χ0n) is 11.7. The van der Waals surface area contributed by atoms with Gasteiger partial charge >= 0.3 is 6.03 Å². The Hall–Kier alpha value is -1.62. The lowest BCUT2D eigenvalue weighted by Gasteiger charge is -2.19. The summed E-state index contributed by atoms with van der Waals surface area (Å²) in [6, 6.07) is 6.05. The molecule has 1 fully saturated rings. The molecule has 3 N–H and O–H groups in total. The van der Waals surface area contributed by atoms with E-state index in [0.717, 1.165) is 18.4 Å². The van der Waals surface area contributed by atoms with Crippen LogP contribution in [0.15, 0.2) is 24.3 Å². The third-order valence-electron chi connectivity index (χ3n) is 3.93. The molecule has 0 aromatic heterocycles. The van der Waals surface area contributed by atoms with Gasteiger partial charge in [0.2, 0.25) is 0 Å². The fourth-order valence-electron chi connectivity index (χ4n) is 2.30. The molecule has 0 heterocycles. The second-order valence-corrected chi connectivity index (χ2v) is 5.41. The minimum absolute atomic E-state index is 0.0705. The fourth-order valence-corrected chi connectivity index (χ4v) is 2.30. The zero-order chi connectivity index (χ0) is 14.6. The summed E-state index contributed by atoms with van der Waals surface area (Å²) in [6.45, 7) is 2.32. The van der Waals surface area contributed by atoms with E-state index >= 15 is 0 Å². The van der Waals surface area contributed by atoms with Gasteiger partial charge in [0, 0.05) is 12.0 Å². The van der Waals surface area contributed by atoms with Crippen molar-refractivity contribution >= 4 is 6.03 Å². The molecule has 5 heteroatoms. The van der Waals surface area contributed by atoms with Crippen LogP contribution in [-0.4, -0.2) is 30.3 Å². The lowest BCUT2D eigenvalue weighted by atomic mass is 9.96. The van der Waals surface area contributed by atoms with Gasteiger partial charge in [0.05, 0.1) is 12.6 Å². The molecule has 0 aliphatic heterocycles. The van der Waals surface area contributed by atoms with Crippen LogP contribution >= 0.6 is 0 Å². The number of nitrogens with one attached hydrogen (secondary N) is 2. The van der Waals surface area contributed by atoms with Crippen LogP contribution in [0.5, 0.6) is 0 Å². The smallest absolute Gasteiger partial charge is 0.315 e. The number of rotatable bonds is 6. The predicted octanol–water partition coefficient (Wildman–Crippen LogP) is 1.93. The van der Waals surface area contributed by atoms with Crippen molar-refractivity contribution in [2.45, 2.75) is 37.6 Å². The lowest BCUT2D eigenvalue weighted by molar-refractivity contribution is 0.214. The number of halogens is 1. The molecule has 0 bridgehead atoms. The molecule has 2 amide bonds. The van der Waals surface area contributed by atoms with Crippen molar-refractivity contribution in [3.05, 3.63) is 35.6 Å². The first kappa shape index (κ1) is 14.8. The van der Waals surface area contributed by atoms with Crippen LogP contribution in [-0.2, 0) is 5.41 Å². The van der Waals surface area contributed by atoms with Gasteiger partial charge in [-0.15, -0.1) is 0 Å². The van der Waals surface area contributed by atoms with Crippen molar-refractivity contribution in [1.29, 1.82) is 0 Å². The van der Waals surface area contributed by atoms with Crippen LogP contribution in [0, 0.1) is 5.82 Å². The van der Waals surface area contributed by atoms with E-state index < -0.39 is 0 Å². The molecule has 4 nitrogen and oxygen atoms in total. The Morgan fingerprint density at radius 2 is 2.25 bits per heavy atom. The molecule has 1 unspecified atom stereocenters. The van der Waals surface area contributed by atoms with Gasteiger partial charge in [-0.2, -0.15) is 0 Å².